The zero-order valence-corrected chi connectivity index (χ0v) is 15.1. The molecule has 1 aromatic carbocycles. The van der Waals surface area contributed by atoms with E-state index in [9.17, 15) is 60.6 Å². The highest BCUT2D eigenvalue weighted by molar-refractivity contribution is 8.04. The van der Waals surface area contributed by atoms with Gasteiger partial charge in [0.25, 0.3) is 9.84 Å². The third-order valence-corrected chi connectivity index (χ3v) is 7.93. The molecule has 1 atom stereocenters. The van der Waals surface area contributed by atoms with Crippen LogP contribution in [0.3, 0.4) is 0 Å². The first-order valence-corrected chi connectivity index (χ1v) is 10.8. The summed E-state index contributed by atoms with van der Waals surface area (Å²) in [5.41, 5.74) is -18.9. The largest absolute Gasteiger partial charge is 0.519 e. The summed E-state index contributed by atoms with van der Waals surface area (Å²) in [6.45, 7) is 0. The third kappa shape index (κ3) is 4.88. The Labute approximate surface area is 151 Å². The van der Waals surface area contributed by atoms with Gasteiger partial charge < -0.3 is 0 Å². The van der Waals surface area contributed by atoms with E-state index in [2.05, 4.69) is 0 Å². The van der Waals surface area contributed by atoms with Crippen LogP contribution in [0, 0.1) is 0 Å². The van der Waals surface area contributed by atoms with E-state index in [1.54, 1.807) is 0 Å². The average Bonchev–Trinajstić information content (AvgIpc) is 2.43. The molecule has 0 saturated heterocycles. The Morgan fingerprint density at radius 1 is 0.679 bits per heavy atom. The predicted molar refractivity (Wildman–Crippen MR) is 75.0 cm³/mol. The van der Waals surface area contributed by atoms with Gasteiger partial charge in [-0.3, -0.25) is 0 Å². The number of halogens is 9. The van der Waals surface area contributed by atoms with Crippen molar-refractivity contribution >= 4 is 29.6 Å². The SMILES string of the molecule is O=S(=O)(Cc1ccc(S(=O)(=NS(=O)(=O)C(F)(F)F)C(F)(F)F)cc1)C(F)(F)F. The monoisotopic (exact) mass is 487 g/mol. The fourth-order valence-electron chi connectivity index (χ4n) is 1.47. The van der Waals surface area contributed by atoms with E-state index in [4.69, 9.17) is 0 Å². The molecule has 0 fully saturated rings. The number of hydrogen-bond donors (Lipinski definition) is 0. The van der Waals surface area contributed by atoms with Crippen molar-refractivity contribution in [3.05, 3.63) is 29.8 Å². The summed E-state index contributed by atoms with van der Waals surface area (Å²) in [7, 11) is -18.9. The molecule has 0 amide bonds. The first kappa shape index (κ1) is 24.5. The smallest absolute Gasteiger partial charge is 0.235 e. The molecule has 1 rings (SSSR count). The Morgan fingerprint density at radius 2 is 1.11 bits per heavy atom. The maximum absolute atomic E-state index is 13.0. The standard InChI is InChI=1S/C10H6F9NO5S3/c11-8(12,13)26(21,22)5-6-1-3-7(4-2-6)27(23,9(14,15)16)20-28(24,25)10(17,18)19/h1-4H,5H2. The number of rotatable bonds is 4. The topological polar surface area (TPSA) is 97.7 Å². The van der Waals surface area contributed by atoms with Crippen molar-refractivity contribution in [2.24, 2.45) is 3.77 Å². The van der Waals surface area contributed by atoms with E-state index >= 15 is 0 Å². The highest BCUT2D eigenvalue weighted by atomic mass is 32.3. The summed E-state index contributed by atoms with van der Waals surface area (Å²) in [5, 5.41) is 0. The van der Waals surface area contributed by atoms with Gasteiger partial charge in [-0.1, -0.05) is 15.9 Å². The summed E-state index contributed by atoms with van der Waals surface area (Å²) in [6.07, 6.45) is 0. The van der Waals surface area contributed by atoms with Crippen LogP contribution >= 0.6 is 0 Å². The zero-order chi connectivity index (χ0) is 22.4. The van der Waals surface area contributed by atoms with Gasteiger partial charge in [0.15, 0.2) is 9.73 Å². The van der Waals surface area contributed by atoms with Gasteiger partial charge in [0, 0.05) is 0 Å². The van der Waals surface area contributed by atoms with Crippen molar-refractivity contribution in [1.82, 2.24) is 0 Å². The molecule has 0 N–H and O–H groups in total. The molecule has 0 aromatic heterocycles. The van der Waals surface area contributed by atoms with E-state index in [1.165, 1.54) is 3.77 Å². The summed E-state index contributed by atoms with van der Waals surface area (Å²) < 4.78 is 170. The maximum Gasteiger partial charge on any atom is 0.519 e. The lowest BCUT2D eigenvalue weighted by Gasteiger charge is -2.15. The zero-order valence-electron chi connectivity index (χ0n) is 12.6. The lowest BCUT2D eigenvalue weighted by atomic mass is 10.2. The second kappa shape index (κ2) is 7.05. The van der Waals surface area contributed by atoms with Gasteiger partial charge in [-0.05, 0) is 17.7 Å². The van der Waals surface area contributed by atoms with Crippen molar-refractivity contribution in [1.29, 1.82) is 0 Å². The molecule has 0 heterocycles. The van der Waals surface area contributed by atoms with Gasteiger partial charge in [-0.2, -0.15) is 47.9 Å². The fourth-order valence-corrected chi connectivity index (χ4v) is 5.16. The van der Waals surface area contributed by atoms with Crippen molar-refractivity contribution in [3.63, 3.8) is 0 Å². The predicted octanol–water partition coefficient (Wildman–Crippen LogP) is 3.32. The van der Waals surface area contributed by atoms with E-state index in [0.29, 0.717) is 12.1 Å². The maximum atomic E-state index is 13.0. The molecule has 0 bridgehead atoms. The molecule has 162 valence electrons. The van der Waals surface area contributed by atoms with E-state index in [1.807, 2.05) is 0 Å². The normalized spacial score (nSPS) is 16.5. The number of hydrogen-bond acceptors (Lipinski definition) is 5. The molecule has 0 saturated carbocycles. The van der Waals surface area contributed by atoms with Crippen molar-refractivity contribution in [3.8, 4) is 0 Å². The van der Waals surface area contributed by atoms with Crippen molar-refractivity contribution in [2.75, 3.05) is 0 Å². The van der Waals surface area contributed by atoms with E-state index in [0.717, 1.165) is 0 Å². The Hall–Kier alpha value is -1.56. The number of alkyl halides is 9. The van der Waals surface area contributed by atoms with E-state index < -0.39 is 62.3 Å². The molecule has 0 aliphatic rings. The first-order chi connectivity index (χ1) is 12.1. The van der Waals surface area contributed by atoms with Crippen LogP contribution in [-0.2, 0) is 35.3 Å². The summed E-state index contributed by atoms with van der Waals surface area (Å²) >= 11 is 0. The van der Waals surface area contributed by atoms with Crippen LogP contribution in [0.4, 0.5) is 39.5 Å². The van der Waals surface area contributed by atoms with Crippen LogP contribution in [-0.4, -0.2) is 37.6 Å². The van der Waals surface area contributed by atoms with Crippen molar-refractivity contribution in [2.45, 2.75) is 27.2 Å². The van der Waals surface area contributed by atoms with Crippen LogP contribution < -0.4 is 0 Å². The Morgan fingerprint density at radius 3 is 1.43 bits per heavy atom. The molecule has 6 nitrogen and oxygen atoms in total. The second-order valence-electron chi connectivity index (χ2n) is 4.82. The molecular weight excluding hydrogens is 481 g/mol. The highest BCUT2D eigenvalue weighted by Gasteiger charge is 2.52. The quantitative estimate of drug-likeness (QED) is 0.607. The average molecular weight is 487 g/mol. The molecule has 1 unspecified atom stereocenters. The van der Waals surface area contributed by atoms with E-state index in [-0.39, 0.29) is 12.1 Å². The Balaban J connectivity index is 3.56. The lowest BCUT2D eigenvalue weighted by Crippen LogP contribution is -2.28. The molecule has 0 aliphatic carbocycles. The van der Waals surface area contributed by atoms with Crippen LogP contribution in [0.1, 0.15) is 5.56 Å². The molecule has 0 radical (unpaired) electrons. The Bertz CT molecular complexity index is 1060. The molecular formula is C10H6F9NO5S3. The summed E-state index contributed by atoms with van der Waals surface area (Å²) in [6, 6.07) is 0.707. The minimum absolute atomic E-state index is 0.0619. The van der Waals surface area contributed by atoms with Crippen molar-refractivity contribution < 1.29 is 60.6 Å². The fraction of sp³-hybridized carbons (Fsp3) is 0.400. The number of nitrogens with zero attached hydrogens (tertiary/aromatic N) is 1. The number of benzene rings is 1. The molecule has 0 aliphatic heterocycles. The lowest BCUT2D eigenvalue weighted by molar-refractivity contribution is -0.0448. The number of sulfonamides is 1. The summed E-state index contributed by atoms with van der Waals surface area (Å²) in [4.78, 5) is -1.64. The van der Waals surface area contributed by atoms with Gasteiger partial charge in [-0.15, -0.1) is 0 Å². The molecule has 0 spiro atoms. The van der Waals surface area contributed by atoms with Gasteiger partial charge in [0.2, 0.25) is 0 Å². The van der Waals surface area contributed by atoms with Gasteiger partial charge >= 0.3 is 26.5 Å². The van der Waals surface area contributed by atoms with Crippen LogP contribution in [0.2, 0.25) is 0 Å². The molecule has 28 heavy (non-hydrogen) atoms. The van der Waals surface area contributed by atoms with Crippen LogP contribution in [0.25, 0.3) is 0 Å². The van der Waals surface area contributed by atoms with Gasteiger partial charge in [0.05, 0.1) is 10.6 Å². The van der Waals surface area contributed by atoms with Gasteiger partial charge in [0.1, 0.15) is 0 Å². The second-order valence-corrected chi connectivity index (χ2v) is 10.8. The van der Waals surface area contributed by atoms with Crippen LogP contribution in [0.5, 0.6) is 0 Å². The minimum Gasteiger partial charge on any atom is -0.235 e. The summed E-state index contributed by atoms with van der Waals surface area (Å²) in [5.74, 6) is -1.73. The third-order valence-electron chi connectivity index (χ3n) is 2.76. The number of sulfone groups is 1. The van der Waals surface area contributed by atoms with Gasteiger partial charge in [-0.25, -0.2) is 12.6 Å². The highest BCUT2D eigenvalue weighted by Crippen LogP contribution is 2.37. The minimum atomic E-state index is -6.86. The molecule has 18 heteroatoms. The Kier molecular flexibility index (Phi) is 6.16. The van der Waals surface area contributed by atoms with Crippen LogP contribution in [0.15, 0.2) is 32.9 Å². The first-order valence-electron chi connectivity index (χ1n) is 6.18. The molecule has 1 aromatic rings.